The first-order valence-corrected chi connectivity index (χ1v) is 6.35. The van der Waals surface area contributed by atoms with Gasteiger partial charge in [-0.1, -0.05) is 6.92 Å². The molecule has 0 spiro atoms. The minimum absolute atomic E-state index is 0.212. The van der Waals surface area contributed by atoms with E-state index in [2.05, 4.69) is 5.32 Å². The van der Waals surface area contributed by atoms with Crippen molar-refractivity contribution in [3.63, 3.8) is 0 Å². The predicted octanol–water partition coefficient (Wildman–Crippen LogP) is 2.36. The van der Waals surface area contributed by atoms with Gasteiger partial charge in [-0.15, -0.1) is 0 Å². The highest BCUT2D eigenvalue weighted by atomic mass is 19.4. The van der Waals surface area contributed by atoms with E-state index in [0.717, 1.165) is 6.07 Å². The van der Waals surface area contributed by atoms with Crippen LogP contribution in [0.5, 0.6) is 0 Å². The molecule has 0 radical (unpaired) electrons. The molecular weight excluding hydrogens is 305 g/mol. The number of aliphatic hydroxyl groups excluding tert-OH is 1. The van der Waals surface area contributed by atoms with Gasteiger partial charge in [-0.2, -0.15) is 13.2 Å². The molecule has 9 heteroatoms. The molecule has 0 heterocycles. The first-order valence-electron chi connectivity index (χ1n) is 6.35. The molecule has 0 aliphatic carbocycles. The maximum Gasteiger partial charge on any atom is 0.416 e. The summed E-state index contributed by atoms with van der Waals surface area (Å²) < 4.78 is 37.7. The Morgan fingerprint density at radius 3 is 2.45 bits per heavy atom. The molecule has 0 saturated carbocycles. The van der Waals surface area contributed by atoms with Gasteiger partial charge in [0.1, 0.15) is 5.56 Å². The lowest BCUT2D eigenvalue weighted by Gasteiger charge is -2.19. The summed E-state index contributed by atoms with van der Waals surface area (Å²) in [4.78, 5) is 21.8. The van der Waals surface area contributed by atoms with Crippen molar-refractivity contribution in [3.8, 4) is 0 Å². The fourth-order valence-electron chi connectivity index (χ4n) is 1.64. The van der Waals surface area contributed by atoms with Gasteiger partial charge >= 0.3 is 6.18 Å². The number of carbonyl (C=O) groups is 1. The predicted molar refractivity (Wildman–Crippen MR) is 71.3 cm³/mol. The number of rotatable bonds is 5. The molecule has 6 nitrogen and oxygen atoms in total. The number of benzene rings is 1. The summed E-state index contributed by atoms with van der Waals surface area (Å²) in [6, 6.07) is 1.21. The maximum atomic E-state index is 12.6. The van der Waals surface area contributed by atoms with Gasteiger partial charge in [0.15, 0.2) is 0 Å². The Morgan fingerprint density at radius 1 is 1.41 bits per heavy atom. The number of halogens is 3. The number of hydrogen-bond acceptors (Lipinski definition) is 4. The number of nitrogens with one attached hydrogen (secondary N) is 1. The molecule has 2 atom stereocenters. The van der Waals surface area contributed by atoms with E-state index in [-0.39, 0.29) is 12.5 Å². The Kier molecular flexibility index (Phi) is 5.48. The Hall–Kier alpha value is -2.16. The first kappa shape index (κ1) is 17.9. The number of nitrogens with zero attached hydrogens (tertiary/aromatic N) is 1. The molecule has 1 amide bonds. The molecule has 1 rings (SSSR count). The molecule has 0 bridgehead atoms. The van der Waals surface area contributed by atoms with E-state index in [0.29, 0.717) is 12.1 Å². The number of hydrogen-bond donors (Lipinski definition) is 2. The number of nitro benzene ring substituents is 1. The van der Waals surface area contributed by atoms with E-state index in [4.69, 9.17) is 5.11 Å². The lowest BCUT2D eigenvalue weighted by atomic mass is 10.0. The van der Waals surface area contributed by atoms with Crippen LogP contribution in [0.1, 0.15) is 29.8 Å². The lowest BCUT2D eigenvalue weighted by Crippen LogP contribution is -2.38. The molecule has 1 aromatic carbocycles. The van der Waals surface area contributed by atoms with Crippen LogP contribution >= 0.6 is 0 Å². The van der Waals surface area contributed by atoms with Crippen molar-refractivity contribution in [2.24, 2.45) is 5.92 Å². The van der Waals surface area contributed by atoms with Crippen LogP contribution in [0.25, 0.3) is 0 Å². The molecule has 2 unspecified atom stereocenters. The van der Waals surface area contributed by atoms with Gasteiger partial charge in [-0.05, 0) is 25.0 Å². The minimum Gasteiger partial charge on any atom is -0.396 e. The first-order chi connectivity index (χ1) is 10.1. The largest absolute Gasteiger partial charge is 0.416 e. The summed E-state index contributed by atoms with van der Waals surface area (Å²) in [5, 5.41) is 22.3. The van der Waals surface area contributed by atoms with Crippen molar-refractivity contribution in [1.29, 1.82) is 0 Å². The zero-order valence-corrected chi connectivity index (χ0v) is 11.8. The number of amides is 1. The highest BCUT2D eigenvalue weighted by Crippen LogP contribution is 2.33. The molecule has 0 aromatic heterocycles. The van der Waals surface area contributed by atoms with Crippen molar-refractivity contribution in [2.75, 3.05) is 6.61 Å². The molecule has 1 aromatic rings. The van der Waals surface area contributed by atoms with Gasteiger partial charge in [0.05, 0.1) is 10.5 Å². The van der Waals surface area contributed by atoms with Crippen molar-refractivity contribution < 1.29 is 28.0 Å². The van der Waals surface area contributed by atoms with Crippen LogP contribution < -0.4 is 5.32 Å². The molecule has 0 fully saturated rings. The Balaban J connectivity index is 3.14. The van der Waals surface area contributed by atoms with Gasteiger partial charge in [0, 0.05) is 18.7 Å². The van der Waals surface area contributed by atoms with Crippen LogP contribution in [0.15, 0.2) is 18.2 Å². The fourth-order valence-corrected chi connectivity index (χ4v) is 1.64. The van der Waals surface area contributed by atoms with Gasteiger partial charge < -0.3 is 10.4 Å². The summed E-state index contributed by atoms with van der Waals surface area (Å²) in [5.74, 6) is -1.18. The van der Waals surface area contributed by atoms with Crippen molar-refractivity contribution in [1.82, 2.24) is 5.32 Å². The number of carbonyl (C=O) groups excluding carboxylic acids is 1. The Bertz CT molecular complexity index is 575. The highest BCUT2D eigenvalue weighted by Gasteiger charge is 2.34. The number of nitro groups is 1. The third-order valence-corrected chi connectivity index (χ3v) is 3.27. The Labute approximate surface area is 124 Å². The quantitative estimate of drug-likeness (QED) is 0.643. The molecule has 0 saturated heterocycles. The van der Waals surface area contributed by atoms with E-state index < -0.39 is 39.9 Å². The van der Waals surface area contributed by atoms with Gasteiger partial charge in [-0.3, -0.25) is 14.9 Å². The second kappa shape index (κ2) is 6.73. The van der Waals surface area contributed by atoms with Crippen LogP contribution in [0, 0.1) is 16.0 Å². The average Bonchev–Trinajstić information content (AvgIpc) is 2.44. The van der Waals surface area contributed by atoms with E-state index in [1.165, 1.54) is 0 Å². The summed E-state index contributed by atoms with van der Waals surface area (Å²) in [6.45, 7) is 3.01. The second-order valence-corrected chi connectivity index (χ2v) is 4.91. The fraction of sp³-hybridized carbons (Fsp3) is 0.462. The van der Waals surface area contributed by atoms with Crippen molar-refractivity contribution in [2.45, 2.75) is 26.1 Å². The van der Waals surface area contributed by atoms with Gasteiger partial charge in [-0.25, -0.2) is 0 Å². The summed E-state index contributed by atoms with van der Waals surface area (Å²) in [5.41, 5.74) is -2.58. The van der Waals surface area contributed by atoms with Crippen LogP contribution in [0.4, 0.5) is 18.9 Å². The van der Waals surface area contributed by atoms with Crippen LogP contribution in [0.3, 0.4) is 0 Å². The zero-order valence-electron chi connectivity index (χ0n) is 11.8. The van der Waals surface area contributed by atoms with Crippen LogP contribution in [0.2, 0.25) is 0 Å². The molecule has 22 heavy (non-hydrogen) atoms. The number of alkyl halides is 3. The molecule has 122 valence electrons. The summed E-state index contributed by atoms with van der Waals surface area (Å²) in [7, 11) is 0. The normalized spacial score (nSPS) is 14.3. The Morgan fingerprint density at radius 2 is 2.00 bits per heavy atom. The summed E-state index contributed by atoms with van der Waals surface area (Å²) in [6.07, 6.45) is -4.74. The standard InChI is InChI=1S/C13H15F3N2O4/c1-7(6-19)8(2)17-12(20)10-4-3-9(13(14,15)16)5-11(10)18(21)22/h3-5,7-8,19H,6H2,1-2H3,(H,17,20). The minimum atomic E-state index is -4.74. The van der Waals surface area contributed by atoms with E-state index in [9.17, 15) is 28.1 Å². The second-order valence-electron chi connectivity index (χ2n) is 4.91. The van der Waals surface area contributed by atoms with E-state index in [1.54, 1.807) is 13.8 Å². The molecule has 2 N–H and O–H groups in total. The molecular formula is C13H15F3N2O4. The van der Waals surface area contributed by atoms with Crippen LogP contribution in [-0.4, -0.2) is 28.6 Å². The van der Waals surface area contributed by atoms with Crippen LogP contribution in [-0.2, 0) is 6.18 Å². The SMILES string of the molecule is CC(CO)C(C)NC(=O)c1ccc(C(F)(F)F)cc1[N+](=O)[O-]. The van der Waals surface area contributed by atoms with E-state index in [1.807, 2.05) is 0 Å². The number of aliphatic hydroxyl groups is 1. The summed E-state index contributed by atoms with van der Waals surface area (Å²) >= 11 is 0. The average molecular weight is 320 g/mol. The third kappa shape index (κ3) is 4.17. The third-order valence-electron chi connectivity index (χ3n) is 3.27. The molecule has 0 aliphatic heterocycles. The topological polar surface area (TPSA) is 92.5 Å². The van der Waals surface area contributed by atoms with Gasteiger partial charge in [0.25, 0.3) is 11.6 Å². The van der Waals surface area contributed by atoms with E-state index >= 15 is 0 Å². The highest BCUT2D eigenvalue weighted by molar-refractivity contribution is 5.98. The van der Waals surface area contributed by atoms with Gasteiger partial charge in [0.2, 0.25) is 0 Å². The smallest absolute Gasteiger partial charge is 0.396 e. The zero-order chi connectivity index (χ0) is 17.1. The monoisotopic (exact) mass is 320 g/mol. The van der Waals surface area contributed by atoms with Crippen molar-refractivity contribution in [3.05, 3.63) is 39.4 Å². The molecule has 0 aliphatic rings. The maximum absolute atomic E-state index is 12.6. The van der Waals surface area contributed by atoms with Crippen molar-refractivity contribution >= 4 is 11.6 Å². The lowest BCUT2D eigenvalue weighted by molar-refractivity contribution is -0.385.